The lowest BCUT2D eigenvalue weighted by atomic mass is 10.1. The standard InChI is InChI=1S/C22H27N7/c1-3-19(18-5-9-23-10-6-18)17-20(4-1)27-22-26-11-7-21(28-22)25-8-2-14-29-15-12-24-13-16-29/h1,3-7,9-11,17,24H,2,8,12-16H2,(H2,25,26,27,28). The highest BCUT2D eigenvalue weighted by atomic mass is 15.2. The van der Waals surface area contributed by atoms with E-state index in [2.05, 4.69) is 47.9 Å². The molecule has 1 saturated heterocycles. The Kier molecular flexibility index (Phi) is 6.62. The molecule has 4 rings (SSSR count). The largest absolute Gasteiger partial charge is 0.370 e. The van der Waals surface area contributed by atoms with Gasteiger partial charge in [-0.2, -0.15) is 4.98 Å². The van der Waals surface area contributed by atoms with Gasteiger partial charge in [0.25, 0.3) is 0 Å². The van der Waals surface area contributed by atoms with E-state index in [0.29, 0.717) is 5.95 Å². The van der Waals surface area contributed by atoms with E-state index in [1.807, 2.05) is 30.3 Å². The average molecular weight is 390 g/mol. The third-order valence-electron chi connectivity index (χ3n) is 4.95. The van der Waals surface area contributed by atoms with E-state index >= 15 is 0 Å². The molecule has 0 amide bonds. The van der Waals surface area contributed by atoms with E-state index in [1.165, 1.54) is 0 Å². The van der Waals surface area contributed by atoms with Crippen molar-refractivity contribution in [2.75, 3.05) is 49.9 Å². The first kappa shape index (κ1) is 19.3. The van der Waals surface area contributed by atoms with Crippen molar-refractivity contribution < 1.29 is 0 Å². The molecule has 0 radical (unpaired) electrons. The van der Waals surface area contributed by atoms with Crippen LogP contribution >= 0.6 is 0 Å². The van der Waals surface area contributed by atoms with E-state index in [1.54, 1.807) is 18.6 Å². The summed E-state index contributed by atoms with van der Waals surface area (Å²) < 4.78 is 0. The molecule has 1 aliphatic rings. The van der Waals surface area contributed by atoms with Crippen molar-refractivity contribution in [2.24, 2.45) is 0 Å². The molecule has 0 aliphatic carbocycles. The Morgan fingerprint density at radius 2 is 1.83 bits per heavy atom. The minimum atomic E-state index is 0.587. The summed E-state index contributed by atoms with van der Waals surface area (Å²) in [6.07, 6.45) is 6.48. The summed E-state index contributed by atoms with van der Waals surface area (Å²) in [5.41, 5.74) is 3.21. The normalized spacial score (nSPS) is 14.5. The second-order valence-electron chi connectivity index (χ2n) is 7.08. The van der Waals surface area contributed by atoms with E-state index < -0.39 is 0 Å². The van der Waals surface area contributed by atoms with Crippen molar-refractivity contribution in [1.29, 1.82) is 0 Å². The Bertz CT molecular complexity index is 894. The van der Waals surface area contributed by atoms with Crippen LogP contribution < -0.4 is 16.0 Å². The molecular weight excluding hydrogens is 362 g/mol. The smallest absolute Gasteiger partial charge is 0.229 e. The number of piperazine rings is 1. The van der Waals surface area contributed by atoms with Gasteiger partial charge in [-0.25, -0.2) is 4.98 Å². The number of pyridine rings is 1. The van der Waals surface area contributed by atoms with Crippen molar-refractivity contribution in [3.05, 3.63) is 61.1 Å². The molecule has 7 heteroatoms. The number of anilines is 3. The predicted octanol–water partition coefficient (Wildman–Crippen LogP) is 2.99. The Labute approximate surface area is 171 Å². The molecule has 3 N–H and O–H groups in total. The Hall–Kier alpha value is -3.03. The van der Waals surface area contributed by atoms with Gasteiger partial charge in [0.05, 0.1) is 0 Å². The van der Waals surface area contributed by atoms with E-state index in [0.717, 1.165) is 68.3 Å². The van der Waals surface area contributed by atoms with Gasteiger partial charge in [0.1, 0.15) is 5.82 Å². The van der Waals surface area contributed by atoms with Crippen LogP contribution in [-0.4, -0.2) is 59.1 Å². The Morgan fingerprint density at radius 3 is 2.69 bits per heavy atom. The van der Waals surface area contributed by atoms with Gasteiger partial charge in [-0.05, 0) is 54.4 Å². The maximum Gasteiger partial charge on any atom is 0.229 e. The summed E-state index contributed by atoms with van der Waals surface area (Å²) in [5.74, 6) is 1.43. The molecule has 1 aliphatic heterocycles. The highest BCUT2D eigenvalue weighted by molar-refractivity contribution is 5.69. The minimum absolute atomic E-state index is 0.587. The number of benzene rings is 1. The third kappa shape index (κ3) is 5.73. The van der Waals surface area contributed by atoms with Crippen LogP contribution in [0.1, 0.15) is 6.42 Å². The molecule has 0 spiro atoms. The van der Waals surface area contributed by atoms with Gasteiger partial charge >= 0.3 is 0 Å². The molecule has 2 aromatic heterocycles. The molecule has 1 fully saturated rings. The Morgan fingerprint density at radius 1 is 0.966 bits per heavy atom. The summed E-state index contributed by atoms with van der Waals surface area (Å²) in [7, 11) is 0. The summed E-state index contributed by atoms with van der Waals surface area (Å²) >= 11 is 0. The first-order valence-corrected chi connectivity index (χ1v) is 10.1. The van der Waals surface area contributed by atoms with Crippen LogP contribution in [0, 0.1) is 0 Å². The molecule has 3 aromatic rings. The van der Waals surface area contributed by atoms with Crippen molar-refractivity contribution >= 4 is 17.5 Å². The van der Waals surface area contributed by atoms with Crippen molar-refractivity contribution in [3.8, 4) is 11.1 Å². The zero-order chi connectivity index (χ0) is 19.7. The second-order valence-corrected chi connectivity index (χ2v) is 7.08. The summed E-state index contributed by atoms with van der Waals surface area (Å²) in [5, 5.41) is 10.1. The van der Waals surface area contributed by atoms with Crippen LogP contribution in [0.15, 0.2) is 61.1 Å². The molecule has 29 heavy (non-hydrogen) atoms. The van der Waals surface area contributed by atoms with E-state index in [-0.39, 0.29) is 0 Å². The second kappa shape index (κ2) is 9.95. The first-order chi connectivity index (χ1) is 14.4. The summed E-state index contributed by atoms with van der Waals surface area (Å²) in [6, 6.07) is 14.1. The number of nitrogens with one attached hydrogen (secondary N) is 3. The van der Waals surface area contributed by atoms with Crippen LogP contribution in [0.3, 0.4) is 0 Å². The molecule has 7 nitrogen and oxygen atoms in total. The Balaban J connectivity index is 1.32. The van der Waals surface area contributed by atoms with Crippen LogP contribution in [0.5, 0.6) is 0 Å². The van der Waals surface area contributed by atoms with Crippen LogP contribution in [-0.2, 0) is 0 Å². The number of nitrogens with zero attached hydrogens (tertiary/aromatic N) is 4. The van der Waals surface area contributed by atoms with Gasteiger partial charge in [0, 0.05) is 57.0 Å². The number of aromatic nitrogens is 3. The van der Waals surface area contributed by atoms with E-state index in [4.69, 9.17) is 0 Å². The van der Waals surface area contributed by atoms with Crippen LogP contribution in [0.25, 0.3) is 11.1 Å². The third-order valence-corrected chi connectivity index (χ3v) is 4.95. The quantitative estimate of drug-likeness (QED) is 0.511. The number of hydrogen-bond donors (Lipinski definition) is 3. The summed E-state index contributed by atoms with van der Waals surface area (Å²) in [6.45, 7) is 6.48. The molecule has 0 unspecified atom stereocenters. The van der Waals surface area contributed by atoms with Crippen molar-refractivity contribution in [2.45, 2.75) is 6.42 Å². The van der Waals surface area contributed by atoms with Gasteiger partial charge < -0.3 is 20.9 Å². The molecule has 3 heterocycles. The van der Waals surface area contributed by atoms with Crippen molar-refractivity contribution in [1.82, 2.24) is 25.2 Å². The number of hydrogen-bond acceptors (Lipinski definition) is 7. The zero-order valence-electron chi connectivity index (χ0n) is 16.5. The highest BCUT2D eigenvalue weighted by Crippen LogP contribution is 2.23. The minimum Gasteiger partial charge on any atom is -0.370 e. The van der Waals surface area contributed by atoms with Gasteiger partial charge in [-0.15, -0.1) is 0 Å². The zero-order valence-corrected chi connectivity index (χ0v) is 16.5. The van der Waals surface area contributed by atoms with Gasteiger partial charge in [0.15, 0.2) is 0 Å². The molecule has 0 saturated carbocycles. The fourth-order valence-electron chi connectivity index (χ4n) is 3.42. The molecular formula is C22H27N7. The predicted molar refractivity (Wildman–Crippen MR) is 117 cm³/mol. The molecule has 150 valence electrons. The first-order valence-electron chi connectivity index (χ1n) is 10.1. The van der Waals surface area contributed by atoms with Gasteiger partial charge in [0.2, 0.25) is 5.95 Å². The molecule has 1 aromatic carbocycles. The van der Waals surface area contributed by atoms with Crippen LogP contribution in [0.4, 0.5) is 17.5 Å². The van der Waals surface area contributed by atoms with E-state index in [9.17, 15) is 0 Å². The highest BCUT2D eigenvalue weighted by Gasteiger charge is 2.08. The topological polar surface area (TPSA) is 78.0 Å². The van der Waals surface area contributed by atoms with Crippen molar-refractivity contribution in [3.63, 3.8) is 0 Å². The fraction of sp³-hybridized carbons (Fsp3) is 0.318. The van der Waals surface area contributed by atoms with Crippen LogP contribution in [0.2, 0.25) is 0 Å². The van der Waals surface area contributed by atoms with Gasteiger partial charge in [-0.1, -0.05) is 12.1 Å². The lowest BCUT2D eigenvalue weighted by molar-refractivity contribution is 0.240. The van der Waals surface area contributed by atoms with Gasteiger partial charge in [-0.3, -0.25) is 4.98 Å². The summed E-state index contributed by atoms with van der Waals surface area (Å²) in [4.78, 5) is 15.5. The monoisotopic (exact) mass is 389 g/mol. The molecule has 0 bridgehead atoms. The lowest BCUT2D eigenvalue weighted by Gasteiger charge is -2.27. The fourth-order valence-corrected chi connectivity index (χ4v) is 3.42. The lowest BCUT2D eigenvalue weighted by Crippen LogP contribution is -2.44. The maximum atomic E-state index is 4.59. The maximum absolute atomic E-state index is 4.59. The average Bonchev–Trinajstić information content (AvgIpc) is 2.79. The SMILES string of the molecule is c1cc(Nc2nccc(NCCCN3CCNCC3)n2)cc(-c2ccncc2)c1. The number of rotatable bonds is 8. The molecule has 0 atom stereocenters.